The second kappa shape index (κ2) is 5.39. The van der Waals surface area contributed by atoms with Crippen molar-refractivity contribution in [2.24, 2.45) is 4.99 Å². The van der Waals surface area contributed by atoms with E-state index in [0.717, 1.165) is 0 Å². The number of amides is 1. The predicted octanol–water partition coefficient (Wildman–Crippen LogP) is -1.03. The van der Waals surface area contributed by atoms with E-state index in [1.54, 1.807) is 0 Å². The molecule has 0 fully saturated rings. The third-order valence-corrected chi connectivity index (χ3v) is 2.68. The number of carbonyl (C=O) groups is 1. The topological polar surface area (TPSA) is 140 Å². The predicted molar refractivity (Wildman–Crippen MR) is 72.4 cm³/mol. The number of nitrogens with zero attached hydrogens (tertiary/aromatic N) is 2. The van der Waals surface area contributed by atoms with Crippen molar-refractivity contribution in [3.05, 3.63) is 10.4 Å². The zero-order valence-electron chi connectivity index (χ0n) is 11.0. The molecule has 1 aliphatic heterocycles. The molecule has 20 heavy (non-hydrogen) atoms. The van der Waals surface area contributed by atoms with Gasteiger partial charge in [-0.1, -0.05) is 0 Å². The van der Waals surface area contributed by atoms with Crippen molar-refractivity contribution in [1.29, 1.82) is 0 Å². The lowest BCUT2D eigenvalue weighted by atomic mass is 10.1. The van der Waals surface area contributed by atoms with Crippen LogP contribution in [0.1, 0.15) is 13.8 Å². The number of carbonyl (C=O) groups excluding carboxylic acids is 1. The molecule has 2 rings (SSSR count). The molecule has 1 aromatic heterocycles. The number of hydrogen-bond acceptors (Lipinski definition) is 7. The lowest BCUT2D eigenvalue weighted by Crippen LogP contribution is -2.38. The number of aromatic nitrogens is 2. The average molecular weight is 281 g/mol. The van der Waals surface area contributed by atoms with E-state index in [1.165, 1.54) is 13.8 Å². The number of anilines is 2. The molecule has 1 aromatic rings. The SMILES string of the molecule is CC(=O)Nc1nc2c(c(=O)[nH]1)N=C(C(O)[C@H](C)O)CN2. The maximum Gasteiger partial charge on any atom is 0.280 e. The number of aliphatic hydroxyl groups is 2. The van der Waals surface area contributed by atoms with Crippen LogP contribution in [0.15, 0.2) is 9.79 Å². The number of fused-ring (bicyclic) bond motifs is 1. The zero-order chi connectivity index (χ0) is 14.9. The van der Waals surface area contributed by atoms with Crippen molar-refractivity contribution in [1.82, 2.24) is 9.97 Å². The lowest BCUT2D eigenvalue weighted by Gasteiger charge is -2.21. The van der Waals surface area contributed by atoms with Crippen LogP contribution in [-0.4, -0.2) is 50.6 Å². The summed E-state index contributed by atoms with van der Waals surface area (Å²) in [6.45, 7) is 2.86. The summed E-state index contributed by atoms with van der Waals surface area (Å²) < 4.78 is 0. The Morgan fingerprint density at radius 3 is 2.75 bits per heavy atom. The van der Waals surface area contributed by atoms with Crippen molar-refractivity contribution in [2.45, 2.75) is 26.1 Å². The number of H-pyrrole nitrogens is 1. The summed E-state index contributed by atoms with van der Waals surface area (Å²) in [5.74, 6) is -0.139. The maximum absolute atomic E-state index is 11.9. The minimum absolute atomic E-state index is 0.0000482. The maximum atomic E-state index is 11.9. The standard InChI is InChI=1S/C11H15N5O4/c1-4(17)8(19)6-3-12-9-7(14-6)10(20)16-11(15-9)13-5(2)18/h4,8,17,19H,3H2,1-2H3,(H3,12,13,15,16,18,20)/t4-,8?/m0/s1. The first-order chi connectivity index (χ1) is 9.38. The molecule has 1 amide bonds. The number of aliphatic imine (C=N–C) groups is 1. The van der Waals surface area contributed by atoms with E-state index in [9.17, 15) is 19.8 Å². The quantitative estimate of drug-likeness (QED) is 0.480. The zero-order valence-corrected chi connectivity index (χ0v) is 11.0. The first-order valence-corrected chi connectivity index (χ1v) is 5.98. The summed E-state index contributed by atoms with van der Waals surface area (Å²) in [6, 6.07) is 0. The highest BCUT2D eigenvalue weighted by Gasteiger charge is 2.24. The Morgan fingerprint density at radius 1 is 1.45 bits per heavy atom. The molecule has 9 nitrogen and oxygen atoms in total. The lowest BCUT2D eigenvalue weighted by molar-refractivity contribution is -0.114. The van der Waals surface area contributed by atoms with Crippen molar-refractivity contribution >= 4 is 29.1 Å². The van der Waals surface area contributed by atoms with Gasteiger partial charge in [-0.2, -0.15) is 4.98 Å². The van der Waals surface area contributed by atoms with Gasteiger partial charge in [0.25, 0.3) is 5.56 Å². The summed E-state index contributed by atoms with van der Waals surface area (Å²) in [4.78, 5) is 33.2. The highest BCUT2D eigenvalue weighted by atomic mass is 16.3. The highest BCUT2D eigenvalue weighted by molar-refractivity contribution is 5.98. The van der Waals surface area contributed by atoms with Crippen LogP contribution in [0.4, 0.5) is 17.5 Å². The van der Waals surface area contributed by atoms with Gasteiger partial charge in [0, 0.05) is 6.92 Å². The van der Waals surface area contributed by atoms with Gasteiger partial charge in [-0.25, -0.2) is 4.99 Å². The monoisotopic (exact) mass is 281 g/mol. The van der Waals surface area contributed by atoms with Crippen molar-refractivity contribution < 1.29 is 15.0 Å². The fourth-order valence-electron chi connectivity index (χ4n) is 1.73. The molecule has 0 aromatic carbocycles. The van der Waals surface area contributed by atoms with Crippen molar-refractivity contribution in [2.75, 3.05) is 17.2 Å². The molecule has 2 atom stereocenters. The number of hydrogen-bond donors (Lipinski definition) is 5. The smallest absolute Gasteiger partial charge is 0.280 e. The van der Waals surface area contributed by atoms with Gasteiger partial charge in [0.2, 0.25) is 11.9 Å². The minimum atomic E-state index is -1.16. The Morgan fingerprint density at radius 2 is 2.15 bits per heavy atom. The van der Waals surface area contributed by atoms with Crippen LogP contribution < -0.4 is 16.2 Å². The summed E-state index contributed by atoms with van der Waals surface area (Å²) >= 11 is 0. The van der Waals surface area contributed by atoms with Gasteiger partial charge in [0.15, 0.2) is 11.5 Å². The molecule has 0 aliphatic carbocycles. The van der Waals surface area contributed by atoms with E-state index in [4.69, 9.17) is 0 Å². The molecule has 1 aliphatic rings. The van der Waals surface area contributed by atoms with Gasteiger partial charge >= 0.3 is 0 Å². The summed E-state index contributed by atoms with van der Waals surface area (Å²) in [7, 11) is 0. The first kappa shape index (κ1) is 14.2. The molecule has 5 N–H and O–H groups in total. The molecule has 0 spiro atoms. The van der Waals surface area contributed by atoms with E-state index in [0.29, 0.717) is 0 Å². The van der Waals surface area contributed by atoms with Gasteiger partial charge in [-0.15, -0.1) is 0 Å². The number of nitrogens with one attached hydrogen (secondary N) is 3. The Labute approximate surface area is 113 Å². The normalized spacial score (nSPS) is 16.5. The van der Waals surface area contributed by atoms with Gasteiger partial charge in [0.05, 0.1) is 18.4 Å². The molecular weight excluding hydrogens is 266 g/mol. The van der Waals surface area contributed by atoms with Crippen LogP contribution in [-0.2, 0) is 4.79 Å². The fourth-order valence-corrected chi connectivity index (χ4v) is 1.73. The number of aliphatic hydroxyl groups excluding tert-OH is 2. The Balaban J connectivity index is 2.39. The van der Waals surface area contributed by atoms with Crippen LogP contribution in [0.5, 0.6) is 0 Å². The molecule has 0 saturated heterocycles. The Kier molecular flexibility index (Phi) is 3.81. The van der Waals surface area contributed by atoms with Crippen LogP contribution in [0.2, 0.25) is 0 Å². The Hall–Kier alpha value is -2.26. The molecule has 0 bridgehead atoms. The van der Waals surface area contributed by atoms with E-state index in [-0.39, 0.29) is 35.6 Å². The molecule has 1 unspecified atom stereocenters. The Bertz CT molecular complexity index is 622. The molecule has 0 radical (unpaired) electrons. The molecule has 108 valence electrons. The summed E-state index contributed by atoms with van der Waals surface area (Å²) in [5, 5.41) is 24.2. The fraction of sp³-hybridized carbons (Fsp3) is 0.455. The van der Waals surface area contributed by atoms with Crippen LogP contribution in [0.25, 0.3) is 0 Å². The molecule has 9 heteroatoms. The second-order valence-electron chi connectivity index (χ2n) is 4.44. The van der Waals surface area contributed by atoms with Crippen LogP contribution >= 0.6 is 0 Å². The highest BCUT2D eigenvalue weighted by Crippen LogP contribution is 2.23. The van der Waals surface area contributed by atoms with Crippen LogP contribution in [0, 0.1) is 0 Å². The van der Waals surface area contributed by atoms with Gasteiger partial charge < -0.3 is 15.5 Å². The largest absolute Gasteiger partial charge is 0.390 e. The minimum Gasteiger partial charge on any atom is -0.390 e. The van der Waals surface area contributed by atoms with E-state index in [1.807, 2.05) is 0 Å². The van der Waals surface area contributed by atoms with Gasteiger partial charge in [-0.3, -0.25) is 19.9 Å². The van der Waals surface area contributed by atoms with Crippen molar-refractivity contribution in [3.8, 4) is 0 Å². The van der Waals surface area contributed by atoms with E-state index < -0.39 is 17.8 Å². The first-order valence-electron chi connectivity index (χ1n) is 5.98. The second-order valence-corrected chi connectivity index (χ2v) is 4.44. The van der Waals surface area contributed by atoms with Gasteiger partial charge in [-0.05, 0) is 6.92 Å². The third kappa shape index (κ3) is 2.83. The van der Waals surface area contributed by atoms with Crippen LogP contribution in [0.3, 0.4) is 0 Å². The summed E-state index contributed by atoms with van der Waals surface area (Å²) in [5.41, 5.74) is -0.312. The number of rotatable bonds is 3. The van der Waals surface area contributed by atoms with Crippen molar-refractivity contribution in [3.63, 3.8) is 0 Å². The number of aromatic amines is 1. The molecule has 0 saturated carbocycles. The summed E-state index contributed by atoms with van der Waals surface area (Å²) in [6.07, 6.45) is -2.16. The molecule has 2 heterocycles. The molecular formula is C11H15N5O4. The average Bonchev–Trinajstić information content (AvgIpc) is 2.36. The van der Waals surface area contributed by atoms with E-state index >= 15 is 0 Å². The van der Waals surface area contributed by atoms with Gasteiger partial charge in [0.1, 0.15) is 6.10 Å². The third-order valence-electron chi connectivity index (χ3n) is 2.68. The van der Waals surface area contributed by atoms with E-state index in [2.05, 4.69) is 25.6 Å².